The smallest absolute Gasteiger partial charge is 0.146 e. The van der Waals surface area contributed by atoms with Crippen molar-refractivity contribution in [2.75, 3.05) is 6.54 Å². The topological polar surface area (TPSA) is 24.9 Å². The second-order valence-corrected chi connectivity index (χ2v) is 3.82. The zero-order chi connectivity index (χ0) is 11.3. The Bertz CT molecular complexity index is 301. The predicted molar refractivity (Wildman–Crippen MR) is 60.1 cm³/mol. The van der Waals surface area contributed by atoms with Crippen LogP contribution in [0.4, 0.5) is 4.39 Å². The number of hydrogen-bond acceptors (Lipinski definition) is 2. The summed E-state index contributed by atoms with van der Waals surface area (Å²) >= 11 is 0. The minimum Gasteiger partial charge on any atom is -0.310 e. The molecule has 0 bridgehead atoms. The molecule has 1 N–H and O–H groups in total. The highest BCUT2D eigenvalue weighted by molar-refractivity contribution is 5.18. The van der Waals surface area contributed by atoms with Crippen LogP contribution in [0.2, 0.25) is 0 Å². The van der Waals surface area contributed by atoms with Crippen LogP contribution in [-0.2, 0) is 0 Å². The molecule has 2 nitrogen and oxygen atoms in total. The van der Waals surface area contributed by atoms with E-state index in [0.717, 1.165) is 18.5 Å². The Morgan fingerprint density at radius 1 is 1.47 bits per heavy atom. The molecule has 2 atom stereocenters. The lowest BCUT2D eigenvalue weighted by Crippen LogP contribution is -2.27. The third-order valence-electron chi connectivity index (χ3n) is 2.78. The van der Waals surface area contributed by atoms with Crippen LogP contribution in [-0.4, -0.2) is 11.5 Å². The third kappa shape index (κ3) is 2.99. The van der Waals surface area contributed by atoms with E-state index in [9.17, 15) is 4.39 Å². The van der Waals surface area contributed by atoms with Gasteiger partial charge in [-0.15, -0.1) is 0 Å². The minimum absolute atomic E-state index is 0.0861. The SMILES string of the molecule is CCNC(c1ccncc1F)C(C)CC. The first-order valence-corrected chi connectivity index (χ1v) is 5.53. The van der Waals surface area contributed by atoms with Gasteiger partial charge in [-0.25, -0.2) is 4.39 Å². The first-order valence-electron chi connectivity index (χ1n) is 5.53. The maximum absolute atomic E-state index is 13.6. The molecule has 15 heavy (non-hydrogen) atoms. The lowest BCUT2D eigenvalue weighted by Gasteiger charge is -2.24. The van der Waals surface area contributed by atoms with Crippen molar-refractivity contribution in [1.29, 1.82) is 0 Å². The minimum atomic E-state index is -0.219. The summed E-state index contributed by atoms with van der Waals surface area (Å²) in [5, 5.41) is 3.32. The van der Waals surface area contributed by atoms with Crippen molar-refractivity contribution >= 4 is 0 Å². The van der Waals surface area contributed by atoms with E-state index in [1.165, 1.54) is 6.20 Å². The molecule has 1 heterocycles. The first-order chi connectivity index (χ1) is 7.20. The van der Waals surface area contributed by atoms with Crippen molar-refractivity contribution in [2.24, 2.45) is 5.92 Å². The van der Waals surface area contributed by atoms with E-state index in [1.54, 1.807) is 12.3 Å². The molecular formula is C12H19FN2. The van der Waals surface area contributed by atoms with Gasteiger partial charge in [0.25, 0.3) is 0 Å². The number of nitrogens with zero attached hydrogens (tertiary/aromatic N) is 1. The van der Waals surface area contributed by atoms with Crippen molar-refractivity contribution < 1.29 is 4.39 Å². The summed E-state index contributed by atoms with van der Waals surface area (Å²) in [6.45, 7) is 7.13. The molecule has 84 valence electrons. The molecule has 0 spiro atoms. The summed E-state index contributed by atoms with van der Waals surface area (Å²) in [5.41, 5.74) is 0.723. The first kappa shape index (κ1) is 12.1. The average molecular weight is 210 g/mol. The summed E-state index contributed by atoms with van der Waals surface area (Å²) in [6.07, 6.45) is 3.95. The standard InChI is InChI=1S/C12H19FN2/c1-4-9(3)12(15-5-2)10-6-7-14-8-11(10)13/h6-9,12,15H,4-5H2,1-3H3. The lowest BCUT2D eigenvalue weighted by atomic mass is 9.93. The fraction of sp³-hybridized carbons (Fsp3) is 0.583. The van der Waals surface area contributed by atoms with Gasteiger partial charge in [0.15, 0.2) is 0 Å². The predicted octanol–water partition coefficient (Wildman–Crippen LogP) is 2.92. The molecule has 0 amide bonds. The van der Waals surface area contributed by atoms with Gasteiger partial charge in [-0.2, -0.15) is 0 Å². The fourth-order valence-corrected chi connectivity index (χ4v) is 1.71. The second-order valence-electron chi connectivity index (χ2n) is 3.82. The van der Waals surface area contributed by atoms with Gasteiger partial charge < -0.3 is 5.32 Å². The monoisotopic (exact) mass is 210 g/mol. The number of pyridine rings is 1. The molecule has 0 radical (unpaired) electrons. The fourth-order valence-electron chi connectivity index (χ4n) is 1.71. The van der Waals surface area contributed by atoms with E-state index in [-0.39, 0.29) is 11.9 Å². The Balaban J connectivity index is 2.93. The van der Waals surface area contributed by atoms with Crippen molar-refractivity contribution in [3.8, 4) is 0 Å². The molecule has 3 heteroatoms. The molecule has 0 saturated heterocycles. The summed E-state index contributed by atoms with van der Waals surface area (Å²) in [4.78, 5) is 3.77. The molecule has 1 aromatic heterocycles. The van der Waals surface area contributed by atoms with Crippen molar-refractivity contribution in [3.63, 3.8) is 0 Å². The maximum Gasteiger partial charge on any atom is 0.146 e. The Labute approximate surface area is 90.9 Å². The van der Waals surface area contributed by atoms with Crippen LogP contribution < -0.4 is 5.32 Å². The van der Waals surface area contributed by atoms with Gasteiger partial charge >= 0.3 is 0 Å². The van der Waals surface area contributed by atoms with Crippen molar-refractivity contribution in [2.45, 2.75) is 33.2 Å². The van der Waals surface area contributed by atoms with Gasteiger partial charge in [-0.05, 0) is 18.5 Å². The maximum atomic E-state index is 13.6. The molecule has 0 aliphatic rings. The van der Waals surface area contributed by atoms with Crippen LogP contribution >= 0.6 is 0 Å². The third-order valence-corrected chi connectivity index (χ3v) is 2.78. The zero-order valence-corrected chi connectivity index (χ0v) is 9.63. The zero-order valence-electron chi connectivity index (χ0n) is 9.63. The van der Waals surface area contributed by atoms with Crippen LogP contribution in [0.15, 0.2) is 18.5 Å². The molecule has 0 aromatic carbocycles. The number of aromatic nitrogens is 1. The highest BCUT2D eigenvalue weighted by Gasteiger charge is 2.19. The van der Waals surface area contributed by atoms with Gasteiger partial charge in [0, 0.05) is 17.8 Å². The van der Waals surface area contributed by atoms with E-state index in [1.807, 2.05) is 6.92 Å². The molecule has 0 fully saturated rings. The number of halogens is 1. The summed E-state index contributed by atoms with van der Waals surface area (Å²) in [5.74, 6) is 0.200. The van der Waals surface area contributed by atoms with Gasteiger partial charge in [-0.1, -0.05) is 27.2 Å². The molecule has 0 aliphatic carbocycles. The van der Waals surface area contributed by atoms with Gasteiger partial charge in [-0.3, -0.25) is 4.98 Å². The molecular weight excluding hydrogens is 191 g/mol. The largest absolute Gasteiger partial charge is 0.310 e. The van der Waals surface area contributed by atoms with Gasteiger partial charge in [0.05, 0.1) is 6.20 Å². The highest BCUT2D eigenvalue weighted by Crippen LogP contribution is 2.25. The molecule has 0 aliphatic heterocycles. The van der Waals surface area contributed by atoms with Crippen LogP contribution in [0.3, 0.4) is 0 Å². The highest BCUT2D eigenvalue weighted by atomic mass is 19.1. The normalized spacial score (nSPS) is 14.9. The van der Waals surface area contributed by atoms with Crippen molar-refractivity contribution in [1.82, 2.24) is 10.3 Å². The van der Waals surface area contributed by atoms with Gasteiger partial charge in [0.1, 0.15) is 5.82 Å². The Hall–Kier alpha value is -0.960. The van der Waals surface area contributed by atoms with E-state index >= 15 is 0 Å². The average Bonchev–Trinajstić information content (AvgIpc) is 2.26. The van der Waals surface area contributed by atoms with Crippen LogP contribution in [0, 0.1) is 11.7 Å². The van der Waals surface area contributed by atoms with Crippen LogP contribution in [0.1, 0.15) is 38.8 Å². The van der Waals surface area contributed by atoms with E-state index in [0.29, 0.717) is 5.92 Å². The van der Waals surface area contributed by atoms with Crippen LogP contribution in [0.25, 0.3) is 0 Å². The molecule has 1 aromatic rings. The second kappa shape index (κ2) is 5.81. The van der Waals surface area contributed by atoms with Crippen molar-refractivity contribution in [3.05, 3.63) is 29.8 Å². The van der Waals surface area contributed by atoms with E-state index in [2.05, 4.69) is 24.1 Å². The Morgan fingerprint density at radius 3 is 2.73 bits per heavy atom. The molecule has 0 saturated carbocycles. The molecule has 1 rings (SSSR count). The Morgan fingerprint density at radius 2 is 2.20 bits per heavy atom. The number of rotatable bonds is 5. The quantitative estimate of drug-likeness (QED) is 0.808. The number of nitrogens with one attached hydrogen (secondary N) is 1. The summed E-state index contributed by atoms with van der Waals surface area (Å²) < 4.78 is 13.6. The van der Waals surface area contributed by atoms with Crippen LogP contribution in [0.5, 0.6) is 0 Å². The summed E-state index contributed by atoms with van der Waals surface area (Å²) in [7, 11) is 0. The van der Waals surface area contributed by atoms with E-state index in [4.69, 9.17) is 0 Å². The molecule has 2 unspecified atom stereocenters. The number of hydrogen-bond donors (Lipinski definition) is 1. The lowest BCUT2D eigenvalue weighted by molar-refractivity contribution is 0.371. The summed E-state index contributed by atoms with van der Waals surface area (Å²) in [6, 6.07) is 1.84. The van der Waals surface area contributed by atoms with Gasteiger partial charge in [0.2, 0.25) is 0 Å². The van der Waals surface area contributed by atoms with E-state index < -0.39 is 0 Å². The Kier molecular flexibility index (Phi) is 4.69.